The second kappa shape index (κ2) is 5.26. The Morgan fingerprint density at radius 2 is 1.72 bits per heavy atom. The van der Waals surface area contributed by atoms with Crippen molar-refractivity contribution < 1.29 is 4.74 Å². The van der Waals surface area contributed by atoms with Gasteiger partial charge in [0.1, 0.15) is 13.6 Å². The highest BCUT2D eigenvalue weighted by Gasteiger charge is 2.29. The molecule has 1 atom stereocenters. The van der Waals surface area contributed by atoms with Gasteiger partial charge < -0.3 is 4.74 Å². The highest BCUT2D eigenvalue weighted by atomic mass is 16.5. The third-order valence-corrected chi connectivity index (χ3v) is 5.37. The topological polar surface area (TPSA) is 9.23 Å². The fraction of sp³-hybridized carbons (Fsp3) is 0.217. The van der Waals surface area contributed by atoms with Crippen LogP contribution in [0.15, 0.2) is 54.6 Å². The molecule has 120 valence electrons. The zero-order valence-electron chi connectivity index (χ0n) is 14.4. The minimum atomic E-state index is -0.755. The monoisotopic (exact) mass is 322 g/mol. The summed E-state index contributed by atoms with van der Waals surface area (Å²) in [7, 11) is 6.29. The van der Waals surface area contributed by atoms with Gasteiger partial charge in [-0.2, -0.15) is 0 Å². The maximum absolute atomic E-state index is 6.29. The molecule has 3 aromatic rings. The number of benzene rings is 3. The van der Waals surface area contributed by atoms with E-state index in [4.69, 9.17) is 12.6 Å². The van der Waals surface area contributed by atoms with Crippen LogP contribution in [-0.2, 0) is 12.8 Å². The molecule has 1 aliphatic heterocycles. The second-order valence-electron chi connectivity index (χ2n) is 7.27. The van der Waals surface area contributed by atoms with Crippen LogP contribution in [0.25, 0.3) is 28.0 Å². The molecule has 2 heteroatoms. The maximum Gasteiger partial charge on any atom is 0.137 e. The normalized spacial score (nSPS) is 21.0. The Bertz CT molecular complexity index is 1030. The Hall–Kier alpha value is -2.48. The van der Waals surface area contributed by atoms with E-state index in [1.54, 1.807) is 0 Å². The van der Waals surface area contributed by atoms with Gasteiger partial charge in [-0.25, -0.2) is 0 Å². The minimum Gasteiger partial charge on any atom is -0.493 e. The number of ether oxygens (including phenoxy) is 1. The first-order chi connectivity index (χ1) is 12.1. The molecule has 0 spiro atoms. The standard InChI is InChI=1S/C23H19BO/c1-23(24)14-13-19-17-10-4-5-11-18(17)21-16-9-3-2-7-15(16)8-6-12-20(21)22(19)25-23/h2-5,7,9-11,13-14H,6,8,12H2,1H3/t23-/m0/s1. The highest BCUT2D eigenvalue weighted by molar-refractivity contribution is 6.17. The highest BCUT2D eigenvalue weighted by Crippen LogP contribution is 2.47. The Balaban J connectivity index is 1.95. The van der Waals surface area contributed by atoms with Crippen molar-refractivity contribution in [3.8, 4) is 16.9 Å². The molecule has 0 saturated heterocycles. The molecule has 1 aliphatic carbocycles. The van der Waals surface area contributed by atoms with Gasteiger partial charge in [-0.1, -0.05) is 60.7 Å². The third-order valence-electron chi connectivity index (χ3n) is 5.37. The molecule has 2 aliphatic rings. The minimum absolute atomic E-state index is 0.755. The molecule has 0 amide bonds. The van der Waals surface area contributed by atoms with E-state index in [2.05, 4.69) is 54.6 Å². The fourth-order valence-electron chi connectivity index (χ4n) is 4.27. The van der Waals surface area contributed by atoms with Crippen molar-refractivity contribution in [1.29, 1.82) is 0 Å². The average molecular weight is 322 g/mol. The molecule has 0 saturated carbocycles. The molecule has 2 radical (unpaired) electrons. The number of aryl methyl sites for hydroxylation is 1. The molecule has 1 heterocycles. The van der Waals surface area contributed by atoms with Crippen molar-refractivity contribution in [3.05, 3.63) is 71.3 Å². The van der Waals surface area contributed by atoms with Gasteiger partial charge in [0.15, 0.2) is 0 Å². The van der Waals surface area contributed by atoms with E-state index in [0.717, 1.165) is 30.6 Å². The summed E-state index contributed by atoms with van der Waals surface area (Å²) in [5, 5.41) is 2.54. The summed E-state index contributed by atoms with van der Waals surface area (Å²) >= 11 is 0. The van der Waals surface area contributed by atoms with Crippen LogP contribution in [-0.4, -0.2) is 13.3 Å². The zero-order chi connectivity index (χ0) is 17.0. The number of hydrogen-bond acceptors (Lipinski definition) is 1. The lowest BCUT2D eigenvalue weighted by Gasteiger charge is -2.32. The van der Waals surface area contributed by atoms with E-state index in [9.17, 15) is 0 Å². The summed E-state index contributed by atoms with van der Waals surface area (Å²) in [6, 6.07) is 17.4. The first kappa shape index (κ1) is 14.8. The van der Waals surface area contributed by atoms with Crippen LogP contribution in [0.2, 0.25) is 0 Å². The Morgan fingerprint density at radius 3 is 2.60 bits per heavy atom. The summed E-state index contributed by atoms with van der Waals surface area (Å²) in [4.78, 5) is 0. The van der Waals surface area contributed by atoms with Crippen LogP contribution in [0.3, 0.4) is 0 Å². The summed E-state index contributed by atoms with van der Waals surface area (Å²) in [6.07, 6.45) is 7.34. The molecular weight excluding hydrogens is 303 g/mol. The van der Waals surface area contributed by atoms with E-state index >= 15 is 0 Å². The Morgan fingerprint density at radius 1 is 0.960 bits per heavy atom. The molecule has 5 rings (SSSR count). The Kier molecular flexibility index (Phi) is 3.12. The molecule has 1 nitrogen and oxygen atoms in total. The smallest absolute Gasteiger partial charge is 0.137 e. The SMILES string of the molecule is [B][C@]1(C)C=Cc2c(c3c(c4ccccc24)-c2ccccc2CCC3)O1. The number of fused-ring (bicyclic) bond motifs is 8. The van der Waals surface area contributed by atoms with Gasteiger partial charge in [-0.05, 0) is 53.6 Å². The van der Waals surface area contributed by atoms with Crippen LogP contribution >= 0.6 is 0 Å². The number of hydrogen-bond donors (Lipinski definition) is 0. The molecule has 0 fully saturated rings. The summed E-state index contributed by atoms with van der Waals surface area (Å²) < 4.78 is 6.29. The van der Waals surface area contributed by atoms with Crippen LogP contribution in [0.4, 0.5) is 0 Å². The molecule has 25 heavy (non-hydrogen) atoms. The first-order valence-corrected chi connectivity index (χ1v) is 8.97. The van der Waals surface area contributed by atoms with Crippen molar-refractivity contribution >= 4 is 24.7 Å². The van der Waals surface area contributed by atoms with Gasteiger partial charge >= 0.3 is 0 Å². The van der Waals surface area contributed by atoms with Crippen molar-refractivity contribution in [2.75, 3.05) is 0 Å². The van der Waals surface area contributed by atoms with Gasteiger partial charge in [-0.15, -0.1) is 0 Å². The lowest BCUT2D eigenvalue weighted by Crippen LogP contribution is -2.32. The first-order valence-electron chi connectivity index (χ1n) is 8.97. The van der Waals surface area contributed by atoms with Crippen molar-refractivity contribution in [3.63, 3.8) is 0 Å². The van der Waals surface area contributed by atoms with E-state index in [1.807, 2.05) is 13.0 Å². The Labute approximate surface area is 149 Å². The van der Waals surface area contributed by atoms with E-state index < -0.39 is 5.50 Å². The molecule has 0 aromatic heterocycles. The quantitative estimate of drug-likeness (QED) is 0.511. The predicted molar refractivity (Wildman–Crippen MR) is 105 cm³/mol. The zero-order valence-corrected chi connectivity index (χ0v) is 14.4. The van der Waals surface area contributed by atoms with Crippen LogP contribution in [0.1, 0.15) is 30.0 Å². The van der Waals surface area contributed by atoms with Gasteiger partial charge in [0.2, 0.25) is 0 Å². The van der Waals surface area contributed by atoms with Gasteiger partial charge in [0, 0.05) is 11.1 Å². The summed E-state index contributed by atoms with van der Waals surface area (Å²) in [5.74, 6) is 0.970. The van der Waals surface area contributed by atoms with Crippen molar-refractivity contribution in [2.45, 2.75) is 31.7 Å². The van der Waals surface area contributed by atoms with Crippen LogP contribution < -0.4 is 4.74 Å². The average Bonchev–Trinajstić information content (AvgIpc) is 2.81. The largest absolute Gasteiger partial charge is 0.493 e. The van der Waals surface area contributed by atoms with Crippen molar-refractivity contribution in [1.82, 2.24) is 0 Å². The van der Waals surface area contributed by atoms with Gasteiger partial charge in [-0.3, -0.25) is 0 Å². The third kappa shape index (κ3) is 2.24. The van der Waals surface area contributed by atoms with E-state index in [1.165, 1.54) is 33.0 Å². The fourth-order valence-corrected chi connectivity index (χ4v) is 4.27. The lowest BCUT2D eigenvalue weighted by atomic mass is 9.79. The van der Waals surface area contributed by atoms with Crippen LogP contribution in [0.5, 0.6) is 5.75 Å². The van der Waals surface area contributed by atoms with E-state index in [-0.39, 0.29) is 0 Å². The molecule has 0 bridgehead atoms. The van der Waals surface area contributed by atoms with Crippen molar-refractivity contribution in [2.24, 2.45) is 0 Å². The molecule has 0 unspecified atom stereocenters. The number of rotatable bonds is 0. The van der Waals surface area contributed by atoms with Crippen LogP contribution in [0, 0.1) is 0 Å². The van der Waals surface area contributed by atoms with Gasteiger partial charge in [0.25, 0.3) is 0 Å². The maximum atomic E-state index is 6.29. The molecule has 0 N–H and O–H groups in total. The predicted octanol–water partition coefficient (Wildman–Crippen LogP) is 5.29. The summed E-state index contributed by atoms with van der Waals surface area (Å²) in [5.41, 5.74) is 5.80. The molecule has 3 aromatic carbocycles. The second-order valence-corrected chi connectivity index (χ2v) is 7.27. The molecular formula is C23H19BO. The summed E-state index contributed by atoms with van der Waals surface area (Å²) in [6.45, 7) is 1.92. The van der Waals surface area contributed by atoms with Gasteiger partial charge in [0.05, 0.1) is 5.50 Å². The van der Waals surface area contributed by atoms with E-state index in [0.29, 0.717) is 0 Å². The lowest BCUT2D eigenvalue weighted by molar-refractivity contribution is 0.222.